The molecule has 0 spiro atoms. The highest BCUT2D eigenvalue weighted by Gasteiger charge is 2.38. The third-order valence-corrected chi connectivity index (χ3v) is 9.20. The van der Waals surface area contributed by atoms with E-state index < -0.39 is 17.3 Å². The molecule has 2 fully saturated rings. The first kappa shape index (κ1) is 30.0. The number of fused-ring (bicyclic) bond motifs is 1. The number of pyridine rings is 1. The molecule has 4 aromatic rings. The minimum atomic E-state index is -1.84. The van der Waals surface area contributed by atoms with E-state index in [0.29, 0.717) is 23.6 Å². The molecule has 3 N–H and O–H groups in total. The third kappa shape index (κ3) is 5.52. The molecule has 1 saturated carbocycles. The van der Waals surface area contributed by atoms with Crippen LogP contribution in [0.4, 0.5) is 24.8 Å². The van der Waals surface area contributed by atoms with Crippen molar-refractivity contribution in [2.75, 3.05) is 25.6 Å². The van der Waals surface area contributed by atoms with Crippen LogP contribution in [0, 0.1) is 17.6 Å². The predicted molar refractivity (Wildman–Crippen MR) is 160 cm³/mol. The van der Waals surface area contributed by atoms with E-state index in [9.17, 15) is 4.79 Å². The van der Waals surface area contributed by atoms with Gasteiger partial charge in [0, 0.05) is 58.3 Å². The number of carbonyl (C=O) groups is 1. The number of nitrogens with one attached hydrogen (secondary N) is 1. The summed E-state index contributed by atoms with van der Waals surface area (Å²) in [6.07, 6.45) is 6.60. The van der Waals surface area contributed by atoms with Crippen molar-refractivity contribution >= 4 is 23.1 Å². The Labute approximate surface area is 253 Å². The number of aromatic nitrogens is 4. The van der Waals surface area contributed by atoms with Gasteiger partial charge in [0.1, 0.15) is 17.3 Å². The highest BCUT2D eigenvalue weighted by atomic mass is 19.1. The van der Waals surface area contributed by atoms with E-state index >= 15 is 13.2 Å². The first-order chi connectivity index (χ1) is 21.1. The first-order valence-electron chi connectivity index (χ1n) is 14.9. The molecule has 12 heteroatoms. The SMILES string of the molecule is CC(=O)N(C)[C@@H]1[C@H](N)C[C@H](c2ccncc2Nc2ncc3ccc(-c4c(F)cc(C5(F)CCOCC5)cc4F)nn23)C[C@@H]1C. The molecular formula is C32H36F3N7O2. The number of halogens is 3. The summed E-state index contributed by atoms with van der Waals surface area (Å²) < 4.78 is 52.9. The number of benzene rings is 1. The largest absolute Gasteiger partial charge is 0.381 e. The van der Waals surface area contributed by atoms with Crippen LogP contribution in [0.15, 0.2) is 48.9 Å². The Hall–Kier alpha value is -4.03. The maximum absolute atomic E-state index is 15.4. The maximum Gasteiger partial charge on any atom is 0.229 e. The van der Waals surface area contributed by atoms with Crippen LogP contribution in [0.1, 0.15) is 56.6 Å². The van der Waals surface area contributed by atoms with Crippen LogP contribution in [-0.2, 0) is 15.2 Å². The zero-order valence-corrected chi connectivity index (χ0v) is 24.9. The van der Waals surface area contributed by atoms with Crippen molar-refractivity contribution in [1.82, 2.24) is 24.5 Å². The van der Waals surface area contributed by atoms with E-state index in [1.807, 2.05) is 6.07 Å². The summed E-state index contributed by atoms with van der Waals surface area (Å²) in [5, 5.41) is 7.83. The van der Waals surface area contributed by atoms with Crippen molar-refractivity contribution in [1.29, 1.82) is 0 Å². The molecule has 2 aliphatic rings. The number of nitrogens with two attached hydrogens (primary N) is 1. The van der Waals surface area contributed by atoms with E-state index in [0.717, 1.165) is 24.1 Å². The zero-order valence-electron chi connectivity index (χ0n) is 24.9. The van der Waals surface area contributed by atoms with Gasteiger partial charge < -0.3 is 20.7 Å². The van der Waals surface area contributed by atoms with Crippen LogP contribution < -0.4 is 11.1 Å². The van der Waals surface area contributed by atoms with Gasteiger partial charge in [-0.1, -0.05) is 6.92 Å². The summed E-state index contributed by atoms with van der Waals surface area (Å²) in [4.78, 5) is 22.6. The number of likely N-dealkylation sites (N-methyl/N-ethyl adjacent to an activating group) is 1. The number of hydrogen-bond donors (Lipinski definition) is 2. The molecule has 0 bridgehead atoms. The van der Waals surface area contributed by atoms with Gasteiger partial charge in [0.25, 0.3) is 0 Å². The van der Waals surface area contributed by atoms with Gasteiger partial charge in [-0.3, -0.25) is 9.78 Å². The summed E-state index contributed by atoms with van der Waals surface area (Å²) in [5.74, 6) is -1.19. The molecule has 232 valence electrons. The second kappa shape index (κ2) is 11.8. The van der Waals surface area contributed by atoms with Gasteiger partial charge in [-0.25, -0.2) is 18.2 Å². The van der Waals surface area contributed by atoms with Crippen molar-refractivity contribution < 1.29 is 22.7 Å². The lowest BCUT2D eigenvalue weighted by molar-refractivity contribution is -0.131. The summed E-state index contributed by atoms with van der Waals surface area (Å²) in [6, 6.07) is 6.97. The Morgan fingerprint density at radius 3 is 2.55 bits per heavy atom. The van der Waals surface area contributed by atoms with Crippen molar-refractivity contribution in [3.63, 3.8) is 0 Å². The van der Waals surface area contributed by atoms with E-state index in [4.69, 9.17) is 10.5 Å². The number of hydrogen-bond acceptors (Lipinski definition) is 7. The molecule has 6 rings (SSSR count). The van der Waals surface area contributed by atoms with Crippen molar-refractivity contribution in [3.05, 3.63) is 71.7 Å². The molecule has 1 saturated heterocycles. The minimum Gasteiger partial charge on any atom is -0.381 e. The minimum absolute atomic E-state index is 0.0126. The van der Waals surface area contributed by atoms with Crippen molar-refractivity contribution in [3.8, 4) is 11.3 Å². The van der Waals surface area contributed by atoms with E-state index in [-0.39, 0.29) is 72.7 Å². The van der Waals surface area contributed by atoms with Gasteiger partial charge in [-0.2, -0.15) is 9.61 Å². The van der Waals surface area contributed by atoms with Crippen LogP contribution in [-0.4, -0.2) is 62.7 Å². The van der Waals surface area contributed by atoms with Crippen molar-refractivity contribution in [2.45, 2.75) is 63.2 Å². The molecule has 1 aliphatic carbocycles. The third-order valence-electron chi connectivity index (χ3n) is 9.20. The van der Waals surface area contributed by atoms with Crippen LogP contribution in [0.5, 0.6) is 0 Å². The van der Waals surface area contributed by atoms with Crippen molar-refractivity contribution in [2.24, 2.45) is 11.7 Å². The number of amides is 1. The highest BCUT2D eigenvalue weighted by Crippen LogP contribution is 2.41. The molecule has 0 unspecified atom stereocenters. The molecular weight excluding hydrogens is 571 g/mol. The Morgan fingerprint density at radius 2 is 1.86 bits per heavy atom. The average Bonchev–Trinajstić information content (AvgIpc) is 3.38. The number of imidazole rings is 1. The van der Waals surface area contributed by atoms with Gasteiger partial charge in [0.05, 0.1) is 34.9 Å². The van der Waals surface area contributed by atoms with E-state index in [1.165, 1.54) is 10.6 Å². The summed E-state index contributed by atoms with van der Waals surface area (Å²) >= 11 is 0. The Balaban J connectivity index is 1.29. The normalized spacial score (nSPS) is 23.4. The summed E-state index contributed by atoms with van der Waals surface area (Å²) in [7, 11) is 1.80. The van der Waals surface area contributed by atoms with Crippen LogP contribution in [0.2, 0.25) is 0 Å². The van der Waals surface area contributed by atoms with Gasteiger partial charge in [0.2, 0.25) is 11.9 Å². The fraction of sp³-hybridized carbons (Fsp3) is 0.438. The Kier molecular flexibility index (Phi) is 8.06. The number of ether oxygens (including phenoxy) is 1. The molecule has 3 aromatic heterocycles. The monoisotopic (exact) mass is 607 g/mol. The summed E-state index contributed by atoms with van der Waals surface area (Å²) in [5.41, 5.74) is 6.74. The zero-order chi connectivity index (χ0) is 31.2. The lowest BCUT2D eigenvalue weighted by Gasteiger charge is -2.43. The fourth-order valence-electron chi connectivity index (χ4n) is 6.86. The molecule has 0 radical (unpaired) electrons. The lowest BCUT2D eigenvalue weighted by atomic mass is 9.73. The number of anilines is 2. The second-order valence-electron chi connectivity index (χ2n) is 12.0. The summed E-state index contributed by atoms with van der Waals surface area (Å²) in [6.45, 7) is 4.05. The first-order valence-corrected chi connectivity index (χ1v) is 14.9. The Morgan fingerprint density at radius 1 is 1.14 bits per heavy atom. The molecule has 1 aliphatic heterocycles. The molecule has 9 nitrogen and oxygen atoms in total. The molecule has 1 aromatic carbocycles. The van der Waals surface area contributed by atoms with E-state index in [2.05, 4.69) is 27.3 Å². The Bertz CT molecular complexity index is 1650. The average molecular weight is 608 g/mol. The number of rotatable bonds is 6. The number of carbonyl (C=O) groups excluding carboxylic acids is 1. The smallest absolute Gasteiger partial charge is 0.229 e. The second-order valence-corrected chi connectivity index (χ2v) is 12.0. The molecule has 4 atom stereocenters. The topological polar surface area (TPSA) is 111 Å². The molecule has 1 amide bonds. The van der Waals surface area contributed by atoms with Gasteiger partial charge in [-0.05, 0) is 66.1 Å². The molecule has 4 heterocycles. The standard InChI is InChI=1S/C32H36F3N7O2/c1-18-12-20(13-26(36)30(18)41(3)19(2)43)23-6-9-37-17-28(23)39-31-38-16-22-4-5-27(40-42(22)31)29-24(33)14-21(15-25(29)34)32(35)7-10-44-11-8-32/h4-6,9,14-18,20,26,30H,7-8,10-13,36H2,1-3H3,(H,38,39)/t18-,20+,26+,30-/m0/s1. The highest BCUT2D eigenvalue weighted by molar-refractivity contribution is 5.73. The van der Waals surface area contributed by atoms with Gasteiger partial charge in [-0.15, -0.1) is 0 Å². The number of alkyl halides is 1. The predicted octanol–water partition coefficient (Wildman–Crippen LogP) is 5.48. The fourth-order valence-corrected chi connectivity index (χ4v) is 6.86. The molecule has 44 heavy (non-hydrogen) atoms. The quantitative estimate of drug-likeness (QED) is 0.299. The number of nitrogens with zero attached hydrogens (tertiary/aromatic N) is 5. The van der Waals surface area contributed by atoms with Gasteiger partial charge >= 0.3 is 0 Å². The van der Waals surface area contributed by atoms with Crippen LogP contribution in [0.25, 0.3) is 16.8 Å². The van der Waals surface area contributed by atoms with Gasteiger partial charge in [0.15, 0.2) is 0 Å². The van der Waals surface area contributed by atoms with Crippen LogP contribution >= 0.6 is 0 Å². The van der Waals surface area contributed by atoms with E-state index in [1.54, 1.807) is 43.5 Å². The lowest BCUT2D eigenvalue weighted by Crippen LogP contribution is -2.54. The van der Waals surface area contributed by atoms with Crippen LogP contribution in [0.3, 0.4) is 0 Å². The maximum atomic E-state index is 15.4.